The number of hydrogen-bond donors (Lipinski definition) is 1. The van der Waals surface area contributed by atoms with Crippen molar-refractivity contribution in [3.63, 3.8) is 0 Å². The van der Waals surface area contributed by atoms with Crippen molar-refractivity contribution in [3.8, 4) is 0 Å². The number of carbonyl (C=O) groups excluding carboxylic acids is 1. The molecule has 3 rings (SSSR count). The summed E-state index contributed by atoms with van der Waals surface area (Å²) in [5.74, 6) is -0.342. The Bertz CT molecular complexity index is 638. The summed E-state index contributed by atoms with van der Waals surface area (Å²) in [6.07, 6.45) is 1.81. The van der Waals surface area contributed by atoms with Crippen LogP contribution in [0, 0.1) is 13.0 Å². The number of benzene rings is 2. The first-order valence-electron chi connectivity index (χ1n) is 6.61. The fourth-order valence-electron chi connectivity index (χ4n) is 2.53. The van der Waals surface area contributed by atoms with Crippen molar-refractivity contribution in [2.75, 3.05) is 0 Å². The van der Waals surface area contributed by atoms with Crippen LogP contribution in [0.1, 0.15) is 28.5 Å². The van der Waals surface area contributed by atoms with Gasteiger partial charge in [-0.2, -0.15) is 35.4 Å². The molecule has 0 aromatic heterocycles. The summed E-state index contributed by atoms with van der Waals surface area (Å²) < 4.78 is 0. The zero-order valence-corrected chi connectivity index (χ0v) is 14.6. The number of hydrazone groups is 1. The van der Waals surface area contributed by atoms with Gasteiger partial charge in [0.1, 0.15) is 0 Å². The van der Waals surface area contributed by atoms with Crippen molar-refractivity contribution < 1.29 is 37.5 Å². The first-order valence-corrected chi connectivity index (χ1v) is 6.61. The molecule has 21 heavy (non-hydrogen) atoms. The van der Waals surface area contributed by atoms with Gasteiger partial charge in [0.2, 0.25) is 5.91 Å². The maximum absolute atomic E-state index is 12.2. The number of amides is 1. The third-order valence-corrected chi connectivity index (χ3v) is 3.62. The summed E-state index contributed by atoms with van der Waals surface area (Å²) in [6, 6.07) is 18.8. The van der Waals surface area contributed by atoms with Crippen molar-refractivity contribution in [2.24, 2.45) is 5.10 Å². The zero-order chi connectivity index (χ0) is 13.9. The van der Waals surface area contributed by atoms with Gasteiger partial charge in [-0.05, 0) is 12.5 Å². The van der Waals surface area contributed by atoms with Crippen LogP contribution in [0.3, 0.4) is 0 Å². The third-order valence-electron chi connectivity index (χ3n) is 3.62. The quantitative estimate of drug-likeness (QED) is 0.830. The van der Waals surface area contributed by atoms with E-state index >= 15 is 0 Å². The van der Waals surface area contributed by atoms with Crippen LogP contribution in [-0.2, 0) is 37.5 Å². The normalized spacial score (nSPS) is 20.5. The van der Waals surface area contributed by atoms with Gasteiger partial charge in [-0.25, -0.2) is 5.43 Å². The molecule has 2 aromatic carbocycles. The Morgan fingerprint density at radius 3 is 2.38 bits per heavy atom. The van der Waals surface area contributed by atoms with Gasteiger partial charge >= 0.3 is 32.7 Å². The Balaban J connectivity index is 0.00000161. The second kappa shape index (κ2) is 7.10. The minimum absolute atomic E-state index is 0. The van der Waals surface area contributed by atoms with Crippen LogP contribution < -0.4 is 5.43 Å². The Labute approximate surface area is 149 Å². The smallest absolute Gasteiger partial charge is 0.272 e. The van der Waals surface area contributed by atoms with Crippen LogP contribution in [-0.4, -0.2) is 12.1 Å². The number of carbonyl (C=O) groups is 1. The molecule has 100 valence electrons. The molecule has 2 aromatic rings. The molecular weight excluding hydrogens is 337 g/mol. The van der Waals surface area contributed by atoms with Crippen LogP contribution in [0.2, 0.25) is 0 Å². The van der Waals surface area contributed by atoms with Crippen LogP contribution in [0.4, 0.5) is 0 Å². The molecule has 1 aliphatic heterocycles. The van der Waals surface area contributed by atoms with Gasteiger partial charge in [0.05, 0.1) is 5.92 Å². The molecular formula is C17H15N2OY+2. The van der Waals surface area contributed by atoms with Gasteiger partial charge in [-0.3, -0.25) is 4.79 Å². The summed E-state index contributed by atoms with van der Waals surface area (Å²) >= 11 is 0. The van der Waals surface area contributed by atoms with Crippen LogP contribution in [0.5, 0.6) is 0 Å². The number of nitrogens with zero attached hydrogens (tertiary/aromatic N) is 1. The van der Waals surface area contributed by atoms with Gasteiger partial charge in [0, 0.05) is 12.1 Å². The molecule has 1 amide bonds. The van der Waals surface area contributed by atoms with Crippen LogP contribution >= 0.6 is 0 Å². The molecule has 3 nitrogen and oxygen atoms in total. The number of aryl methyl sites for hydroxylation is 1. The summed E-state index contributed by atoms with van der Waals surface area (Å²) in [6.45, 7) is 2.04. The fourth-order valence-corrected chi connectivity index (χ4v) is 2.53. The van der Waals surface area contributed by atoms with Gasteiger partial charge < -0.3 is 0 Å². The molecule has 1 aliphatic rings. The minimum atomic E-state index is -0.240. The van der Waals surface area contributed by atoms with E-state index in [4.69, 9.17) is 0 Å². The second-order valence-corrected chi connectivity index (χ2v) is 5.00. The molecule has 1 N–H and O–H groups in total. The van der Waals surface area contributed by atoms with E-state index in [0.717, 1.165) is 11.1 Å². The molecule has 0 aliphatic carbocycles. The van der Waals surface area contributed by atoms with E-state index in [1.54, 1.807) is 6.21 Å². The largest absolute Gasteiger partial charge is 3.00 e. The zero-order valence-electron chi connectivity index (χ0n) is 11.8. The average Bonchev–Trinajstić information content (AvgIpc) is 2.49. The van der Waals surface area contributed by atoms with Crippen molar-refractivity contribution >= 4 is 12.1 Å². The van der Waals surface area contributed by atoms with E-state index in [1.807, 2.05) is 55.5 Å². The molecule has 0 radical (unpaired) electrons. The van der Waals surface area contributed by atoms with Gasteiger partial charge in [-0.1, -0.05) is 29.8 Å². The molecule has 0 saturated carbocycles. The predicted molar refractivity (Wildman–Crippen MR) is 78.6 cm³/mol. The molecule has 0 bridgehead atoms. The Morgan fingerprint density at radius 1 is 1.05 bits per heavy atom. The van der Waals surface area contributed by atoms with Crippen molar-refractivity contribution in [1.82, 2.24) is 5.43 Å². The van der Waals surface area contributed by atoms with E-state index < -0.39 is 0 Å². The minimum Gasteiger partial charge on any atom is -0.272 e. The molecule has 0 saturated heterocycles. The first-order chi connectivity index (χ1) is 9.75. The van der Waals surface area contributed by atoms with E-state index in [-0.39, 0.29) is 50.5 Å². The predicted octanol–water partition coefficient (Wildman–Crippen LogP) is 2.78. The number of nitrogens with one attached hydrogen (secondary N) is 1. The van der Waals surface area contributed by atoms with Gasteiger partial charge in [0.25, 0.3) is 0 Å². The monoisotopic (exact) mass is 352 g/mol. The van der Waals surface area contributed by atoms with Gasteiger partial charge in [0.15, 0.2) is 0 Å². The molecule has 1 heterocycles. The Morgan fingerprint density at radius 2 is 1.71 bits per heavy atom. The van der Waals surface area contributed by atoms with E-state index in [2.05, 4.69) is 16.6 Å². The number of rotatable bonds is 2. The van der Waals surface area contributed by atoms with Crippen molar-refractivity contribution in [1.29, 1.82) is 0 Å². The first kappa shape index (κ1) is 16.1. The Hall–Kier alpha value is -1.32. The maximum atomic E-state index is 12.2. The summed E-state index contributed by atoms with van der Waals surface area (Å²) in [4.78, 5) is 12.2. The molecule has 4 heteroatoms. The van der Waals surface area contributed by atoms with Crippen molar-refractivity contribution in [2.45, 2.75) is 18.8 Å². The SMILES string of the molecule is Cc1ccc(C2C(=O)NN=CC2c2cc[c-]cc2)cc1.[Y+3]. The molecule has 0 spiro atoms. The molecule has 2 atom stereocenters. The standard InChI is InChI=1S/C17H15N2O.Y/c1-12-7-9-14(10-8-12)16-15(11-18-19-17(16)20)13-5-3-2-4-6-13;/h3-11,15-16H,1H3,(H,19,20);/q-1;+3. The second-order valence-electron chi connectivity index (χ2n) is 5.00. The van der Waals surface area contributed by atoms with E-state index in [1.165, 1.54) is 5.56 Å². The molecule has 2 unspecified atom stereocenters. The van der Waals surface area contributed by atoms with E-state index in [0.29, 0.717) is 0 Å². The average molecular weight is 352 g/mol. The summed E-state index contributed by atoms with van der Waals surface area (Å²) in [5.41, 5.74) is 5.84. The number of hydrogen-bond acceptors (Lipinski definition) is 2. The van der Waals surface area contributed by atoms with Crippen LogP contribution in [0.25, 0.3) is 0 Å². The fraction of sp³-hybridized carbons (Fsp3) is 0.176. The summed E-state index contributed by atoms with van der Waals surface area (Å²) in [5, 5.41) is 3.97. The van der Waals surface area contributed by atoms with Gasteiger partial charge in [-0.15, -0.1) is 5.56 Å². The van der Waals surface area contributed by atoms with Crippen molar-refractivity contribution in [3.05, 3.63) is 71.3 Å². The maximum Gasteiger partial charge on any atom is 3.00 e. The topological polar surface area (TPSA) is 41.5 Å². The molecule has 0 fully saturated rings. The Kier molecular flexibility index (Phi) is 5.43. The van der Waals surface area contributed by atoms with Crippen LogP contribution in [0.15, 0.2) is 53.6 Å². The third kappa shape index (κ3) is 3.48. The van der Waals surface area contributed by atoms with E-state index in [9.17, 15) is 4.79 Å². The summed E-state index contributed by atoms with van der Waals surface area (Å²) in [7, 11) is 0.